The van der Waals surface area contributed by atoms with Crippen molar-refractivity contribution in [2.75, 3.05) is 0 Å². The fourth-order valence-electron chi connectivity index (χ4n) is 1.62. The van der Waals surface area contributed by atoms with Gasteiger partial charge in [0.1, 0.15) is 0 Å². The van der Waals surface area contributed by atoms with Gasteiger partial charge in [0.2, 0.25) is 0 Å². The van der Waals surface area contributed by atoms with Crippen molar-refractivity contribution in [1.82, 2.24) is 0 Å². The zero-order valence-electron chi connectivity index (χ0n) is 8.13. The summed E-state index contributed by atoms with van der Waals surface area (Å²) in [6.45, 7) is 5.80. The van der Waals surface area contributed by atoms with Crippen LogP contribution in [-0.2, 0) is 6.42 Å². The zero-order chi connectivity index (χ0) is 10.0. The first kappa shape index (κ1) is 9.71. The van der Waals surface area contributed by atoms with E-state index in [2.05, 4.69) is 0 Å². The van der Waals surface area contributed by atoms with Crippen LogP contribution in [0.15, 0.2) is 12.1 Å². The number of nitrogens with zero attached hydrogens (tertiary/aromatic N) is 1. The summed E-state index contributed by atoms with van der Waals surface area (Å²) in [6, 6.07) is 3.38. The van der Waals surface area contributed by atoms with Gasteiger partial charge in [-0.2, -0.15) is 0 Å². The molecule has 70 valence electrons. The van der Waals surface area contributed by atoms with Crippen molar-refractivity contribution in [2.45, 2.75) is 27.2 Å². The fourth-order valence-corrected chi connectivity index (χ4v) is 1.62. The lowest BCUT2D eigenvalue weighted by molar-refractivity contribution is -0.385. The quantitative estimate of drug-likeness (QED) is 0.517. The Morgan fingerprint density at radius 3 is 2.46 bits per heavy atom. The van der Waals surface area contributed by atoms with Crippen LogP contribution in [0.4, 0.5) is 5.69 Å². The van der Waals surface area contributed by atoms with Crippen LogP contribution in [0.3, 0.4) is 0 Å². The Morgan fingerprint density at radius 2 is 2.00 bits per heavy atom. The first-order valence-corrected chi connectivity index (χ1v) is 4.31. The van der Waals surface area contributed by atoms with E-state index in [4.69, 9.17) is 0 Å². The molecule has 0 aliphatic heterocycles. The summed E-state index contributed by atoms with van der Waals surface area (Å²) < 4.78 is 0. The van der Waals surface area contributed by atoms with E-state index in [1.54, 1.807) is 6.07 Å². The summed E-state index contributed by atoms with van der Waals surface area (Å²) in [5, 5.41) is 10.6. The summed E-state index contributed by atoms with van der Waals surface area (Å²) in [4.78, 5) is 10.3. The minimum Gasteiger partial charge on any atom is -0.258 e. The highest BCUT2D eigenvalue weighted by atomic mass is 16.6. The molecule has 0 N–H and O–H groups in total. The molecule has 0 heterocycles. The molecule has 0 aliphatic rings. The molecule has 1 rings (SSSR count). The van der Waals surface area contributed by atoms with Crippen LogP contribution in [0.5, 0.6) is 0 Å². The van der Waals surface area contributed by atoms with Crippen molar-refractivity contribution in [3.8, 4) is 0 Å². The third-order valence-electron chi connectivity index (χ3n) is 2.35. The summed E-state index contributed by atoms with van der Waals surface area (Å²) in [5.74, 6) is 0. The Hall–Kier alpha value is -1.38. The predicted molar refractivity (Wildman–Crippen MR) is 51.9 cm³/mol. The van der Waals surface area contributed by atoms with E-state index >= 15 is 0 Å². The standard InChI is InChI=1S/C10H13NO2/c1-4-9-7(2)5-6-10(8(9)3)11(12)13/h5-6H,4H2,1-3H3. The van der Waals surface area contributed by atoms with Gasteiger partial charge in [0.25, 0.3) is 5.69 Å². The Balaban J connectivity index is 3.35. The van der Waals surface area contributed by atoms with Gasteiger partial charge in [-0.05, 0) is 31.4 Å². The van der Waals surface area contributed by atoms with Crippen LogP contribution < -0.4 is 0 Å². The van der Waals surface area contributed by atoms with E-state index in [1.807, 2.05) is 26.8 Å². The summed E-state index contributed by atoms with van der Waals surface area (Å²) in [6.07, 6.45) is 0.847. The van der Waals surface area contributed by atoms with E-state index in [0.29, 0.717) is 0 Å². The Morgan fingerprint density at radius 1 is 1.38 bits per heavy atom. The molecule has 0 radical (unpaired) electrons. The molecule has 0 bridgehead atoms. The first-order valence-electron chi connectivity index (χ1n) is 4.31. The van der Waals surface area contributed by atoms with E-state index in [0.717, 1.165) is 23.1 Å². The lowest BCUT2D eigenvalue weighted by Crippen LogP contribution is -1.97. The molecule has 0 amide bonds. The Labute approximate surface area is 77.5 Å². The van der Waals surface area contributed by atoms with E-state index in [1.165, 1.54) is 0 Å². The second-order valence-corrected chi connectivity index (χ2v) is 3.12. The van der Waals surface area contributed by atoms with Gasteiger partial charge in [0.15, 0.2) is 0 Å². The van der Waals surface area contributed by atoms with Gasteiger partial charge in [-0.1, -0.05) is 13.0 Å². The molecule has 0 saturated carbocycles. The summed E-state index contributed by atoms with van der Waals surface area (Å²) >= 11 is 0. The average Bonchev–Trinajstić information content (AvgIpc) is 2.04. The van der Waals surface area contributed by atoms with Crippen molar-refractivity contribution in [2.24, 2.45) is 0 Å². The molecule has 0 spiro atoms. The molecule has 1 aromatic carbocycles. The van der Waals surface area contributed by atoms with Crippen LogP contribution >= 0.6 is 0 Å². The SMILES string of the molecule is CCc1c(C)ccc([N+](=O)[O-])c1C. The lowest BCUT2D eigenvalue weighted by Gasteiger charge is -2.06. The smallest absolute Gasteiger partial charge is 0.258 e. The molecule has 0 atom stereocenters. The van der Waals surface area contributed by atoms with Crippen LogP contribution in [0.1, 0.15) is 23.6 Å². The van der Waals surface area contributed by atoms with Gasteiger partial charge in [0.05, 0.1) is 4.92 Å². The van der Waals surface area contributed by atoms with E-state index in [-0.39, 0.29) is 10.6 Å². The molecule has 0 aliphatic carbocycles. The topological polar surface area (TPSA) is 43.1 Å². The van der Waals surface area contributed by atoms with Crippen molar-refractivity contribution < 1.29 is 4.92 Å². The molecule has 0 aromatic heterocycles. The molecule has 3 heteroatoms. The molecule has 3 nitrogen and oxygen atoms in total. The van der Waals surface area contributed by atoms with Crippen LogP contribution in [-0.4, -0.2) is 4.92 Å². The maximum absolute atomic E-state index is 10.6. The van der Waals surface area contributed by atoms with Crippen molar-refractivity contribution in [3.63, 3.8) is 0 Å². The number of rotatable bonds is 2. The average molecular weight is 179 g/mol. The van der Waals surface area contributed by atoms with Crippen LogP contribution in [0.25, 0.3) is 0 Å². The second-order valence-electron chi connectivity index (χ2n) is 3.12. The number of nitro benzene ring substituents is 1. The monoisotopic (exact) mass is 179 g/mol. The lowest BCUT2D eigenvalue weighted by atomic mass is 9.99. The maximum Gasteiger partial charge on any atom is 0.272 e. The van der Waals surface area contributed by atoms with Gasteiger partial charge >= 0.3 is 0 Å². The summed E-state index contributed by atoms with van der Waals surface area (Å²) in [7, 11) is 0. The zero-order valence-corrected chi connectivity index (χ0v) is 8.13. The Bertz CT molecular complexity index is 345. The summed E-state index contributed by atoms with van der Waals surface area (Å²) in [5.41, 5.74) is 3.25. The van der Waals surface area contributed by atoms with Gasteiger partial charge in [0, 0.05) is 11.6 Å². The molecule has 1 aromatic rings. The van der Waals surface area contributed by atoms with Crippen LogP contribution in [0.2, 0.25) is 0 Å². The largest absolute Gasteiger partial charge is 0.272 e. The molecule has 13 heavy (non-hydrogen) atoms. The van der Waals surface area contributed by atoms with Crippen LogP contribution in [0, 0.1) is 24.0 Å². The van der Waals surface area contributed by atoms with E-state index in [9.17, 15) is 10.1 Å². The van der Waals surface area contributed by atoms with Crippen molar-refractivity contribution >= 4 is 5.69 Å². The molecular formula is C10H13NO2. The van der Waals surface area contributed by atoms with Gasteiger partial charge in [-0.15, -0.1) is 0 Å². The normalized spacial score (nSPS) is 10.1. The maximum atomic E-state index is 10.6. The van der Waals surface area contributed by atoms with Gasteiger partial charge in [-0.25, -0.2) is 0 Å². The number of benzene rings is 1. The molecular weight excluding hydrogens is 166 g/mol. The number of hydrogen-bond donors (Lipinski definition) is 0. The Kier molecular flexibility index (Phi) is 2.66. The second kappa shape index (κ2) is 3.56. The fraction of sp³-hybridized carbons (Fsp3) is 0.400. The first-order chi connectivity index (χ1) is 6.07. The molecule has 0 unspecified atom stereocenters. The highest BCUT2D eigenvalue weighted by Gasteiger charge is 2.13. The third kappa shape index (κ3) is 1.69. The highest BCUT2D eigenvalue weighted by molar-refractivity contribution is 5.48. The highest BCUT2D eigenvalue weighted by Crippen LogP contribution is 2.24. The molecule has 0 saturated heterocycles. The molecule has 0 fully saturated rings. The van der Waals surface area contributed by atoms with Crippen molar-refractivity contribution in [1.29, 1.82) is 0 Å². The number of aryl methyl sites for hydroxylation is 1. The van der Waals surface area contributed by atoms with E-state index < -0.39 is 0 Å². The number of hydrogen-bond acceptors (Lipinski definition) is 2. The predicted octanol–water partition coefficient (Wildman–Crippen LogP) is 2.77. The van der Waals surface area contributed by atoms with Gasteiger partial charge < -0.3 is 0 Å². The third-order valence-corrected chi connectivity index (χ3v) is 2.35. The van der Waals surface area contributed by atoms with Gasteiger partial charge in [-0.3, -0.25) is 10.1 Å². The number of nitro groups is 1. The minimum absolute atomic E-state index is 0.224. The van der Waals surface area contributed by atoms with Crippen molar-refractivity contribution in [3.05, 3.63) is 38.9 Å². The minimum atomic E-state index is -0.325.